The minimum Gasteiger partial charge on any atom is -0.481 e. The van der Waals surface area contributed by atoms with Gasteiger partial charge in [0.25, 0.3) is 0 Å². The van der Waals surface area contributed by atoms with Gasteiger partial charge in [-0.3, -0.25) is 4.79 Å². The maximum atomic E-state index is 13.0. The summed E-state index contributed by atoms with van der Waals surface area (Å²) in [7, 11) is 1.55. The average molecular weight is 308 g/mol. The van der Waals surface area contributed by atoms with Gasteiger partial charge in [0.2, 0.25) is 0 Å². The molecule has 2 aromatic rings. The first-order valence-corrected chi connectivity index (χ1v) is 7.04. The zero-order chi connectivity index (χ0) is 15.2. The summed E-state index contributed by atoms with van der Waals surface area (Å²) in [5.74, 6) is -0.938. The zero-order valence-corrected chi connectivity index (χ0v) is 12.1. The minimum absolute atomic E-state index is 0.0910. The van der Waals surface area contributed by atoms with Crippen molar-refractivity contribution in [3.8, 4) is 11.4 Å². The highest BCUT2D eigenvalue weighted by Gasteiger charge is 2.09. The van der Waals surface area contributed by atoms with Gasteiger partial charge < -0.3 is 9.84 Å². The van der Waals surface area contributed by atoms with Crippen molar-refractivity contribution in [2.24, 2.45) is 0 Å². The van der Waals surface area contributed by atoms with E-state index in [-0.39, 0.29) is 18.2 Å². The van der Waals surface area contributed by atoms with Gasteiger partial charge in [-0.15, -0.1) is 0 Å². The lowest BCUT2D eigenvalue weighted by Crippen LogP contribution is -2.02. The molecule has 0 aliphatic rings. The molecule has 0 amide bonds. The number of nitrogens with zero attached hydrogens (tertiary/aromatic N) is 2. The predicted octanol–water partition coefficient (Wildman–Crippen LogP) is 2.61. The Hall–Kier alpha value is -1.99. The lowest BCUT2D eigenvalue weighted by molar-refractivity contribution is -0.133. The fourth-order valence-electron chi connectivity index (χ4n) is 1.63. The van der Waals surface area contributed by atoms with Crippen LogP contribution in [-0.2, 0) is 16.1 Å². The Bertz CT molecular complexity index is 635. The molecule has 5 nitrogen and oxygen atoms in total. The van der Waals surface area contributed by atoms with Crippen LogP contribution in [0.25, 0.3) is 11.4 Å². The van der Waals surface area contributed by atoms with Crippen LogP contribution in [0.1, 0.15) is 5.69 Å². The van der Waals surface area contributed by atoms with Crippen LogP contribution in [0.4, 0.5) is 4.39 Å². The SMILES string of the molecule is COCc1cc(SCC(=O)O)nc(-c2ccc(F)cc2)n1. The number of thioether (sulfide) groups is 1. The molecular formula is C14H13FN2O3S. The van der Waals surface area contributed by atoms with E-state index in [4.69, 9.17) is 9.84 Å². The molecule has 0 aliphatic heterocycles. The lowest BCUT2D eigenvalue weighted by atomic mass is 10.2. The maximum absolute atomic E-state index is 13.0. The Balaban J connectivity index is 2.34. The number of benzene rings is 1. The van der Waals surface area contributed by atoms with Gasteiger partial charge in [0.1, 0.15) is 10.8 Å². The Morgan fingerprint density at radius 1 is 1.33 bits per heavy atom. The van der Waals surface area contributed by atoms with Crippen molar-refractivity contribution < 1.29 is 19.0 Å². The van der Waals surface area contributed by atoms with Crippen LogP contribution >= 0.6 is 11.8 Å². The molecule has 1 aromatic carbocycles. The van der Waals surface area contributed by atoms with Crippen molar-refractivity contribution in [3.63, 3.8) is 0 Å². The number of methoxy groups -OCH3 is 1. The monoisotopic (exact) mass is 308 g/mol. The standard InChI is InChI=1S/C14H13FN2O3S/c1-20-7-11-6-12(21-8-13(18)19)17-14(16-11)9-2-4-10(15)5-3-9/h2-6H,7-8H2,1H3,(H,18,19). The first-order valence-electron chi connectivity index (χ1n) is 6.06. The summed E-state index contributed by atoms with van der Waals surface area (Å²) in [5, 5.41) is 9.27. The summed E-state index contributed by atoms with van der Waals surface area (Å²) in [5.41, 5.74) is 1.30. The van der Waals surface area contributed by atoms with Gasteiger partial charge in [-0.05, 0) is 30.3 Å². The quantitative estimate of drug-likeness (QED) is 0.653. The second kappa shape index (κ2) is 7.14. The third-order valence-corrected chi connectivity index (χ3v) is 3.39. The van der Waals surface area contributed by atoms with Gasteiger partial charge >= 0.3 is 5.97 Å². The van der Waals surface area contributed by atoms with Crippen LogP contribution in [0.2, 0.25) is 0 Å². The molecule has 1 heterocycles. The molecule has 0 radical (unpaired) electrons. The molecule has 2 rings (SSSR count). The summed E-state index contributed by atoms with van der Waals surface area (Å²) in [6, 6.07) is 7.49. The van der Waals surface area contributed by atoms with Crippen molar-refractivity contribution in [2.75, 3.05) is 12.9 Å². The van der Waals surface area contributed by atoms with E-state index < -0.39 is 5.97 Å². The highest BCUT2D eigenvalue weighted by molar-refractivity contribution is 7.99. The van der Waals surface area contributed by atoms with Gasteiger partial charge in [0, 0.05) is 12.7 Å². The van der Waals surface area contributed by atoms with Crippen LogP contribution in [0, 0.1) is 5.82 Å². The van der Waals surface area contributed by atoms with Gasteiger partial charge in [0.05, 0.1) is 18.1 Å². The number of hydrogen-bond acceptors (Lipinski definition) is 5. The molecular weight excluding hydrogens is 295 g/mol. The number of aliphatic carboxylic acids is 1. The van der Waals surface area contributed by atoms with Gasteiger partial charge in [-0.2, -0.15) is 0 Å². The molecule has 1 aromatic heterocycles. The number of halogens is 1. The topological polar surface area (TPSA) is 72.3 Å². The van der Waals surface area contributed by atoms with Gasteiger partial charge in [0.15, 0.2) is 5.82 Å². The summed E-state index contributed by atoms with van der Waals surface area (Å²) in [6.07, 6.45) is 0. The van der Waals surface area contributed by atoms with E-state index in [1.807, 2.05) is 0 Å². The Morgan fingerprint density at radius 3 is 2.67 bits per heavy atom. The molecule has 0 spiro atoms. The van der Waals surface area contributed by atoms with Crippen molar-refractivity contribution >= 4 is 17.7 Å². The van der Waals surface area contributed by atoms with E-state index in [0.29, 0.717) is 22.1 Å². The smallest absolute Gasteiger partial charge is 0.313 e. The second-order valence-corrected chi connectivity index (χ2v) is 5.14. The van der Waals surface area contributed by atoms with Crippen molar-refractivity contribution in [3.05, 3.63) is 41.8 Å². The molecule has 0 saturated heterocycles. The number of carboxylic acid groups (broad SMARTS) is 1. The highest BCUT2D eigenvalue weighted by atomic mass is 32.2. The van der Waals surface area contributed by atoms with Crippen LogP contribution < -0.4 is 0 Å². The van der Waals surface area contributed by atoms with Crippen LogP contribution in [0.15, 0.2) is 35.4 Å². The Morgan fingerprint density at radius 2 is 2.05 bits per heavy atom. The summed E-state index contributed by atoms with van der Waals surface area (Å²) in [6.45, 7) is 0.289. The van der Waals surface area contributed by atoms with E-state index >= 15 is 0 Å². The van der Waals surface area contributed by atoms with E-state index in [2.05, 4.69) is 9.97 Å². The van der Waals surface area contributed by atoms with E-state index in [1.54, 1.807) is 25.3 Å². The zero-order valence-electron chi connectivity index (χ0n) is 11.2. The maximum Gasteiger partial charge on any atom is 0.313 e. The number of carbonyl (C=O) groups is 1. The number of ether oxygens (including phenoxy) is 1. The highest BCUT2D eigenvalue weighted by Crippen LogP contribution is 2.22. The molecule has 110 valence electrons. The summed E-state index contributed by atoms with van der Waals surface area (Å²) < 4.78 is 18.0. The molecule has 0 saturated carbocycles. The van der Waals surface area contributed by atoms with Crippen LogP contribution in [0.5, 0.6) is 0 Å². The Labute approximate surface area is 125 Å². The molecule has 0 fully saturated rings. The third-order valence-electron chi connectivity index (χ3n) is 2.49. The van der Waals surface area contributed by atoms with Crippen LogP contribution in [-0.4, -0.2) is 33.9 Å². The number of rotatable bonds is 6. The number of hydrogen-bond donors (Lipinski definition) is 1. The molecule has 21 heavy (non-hydrogen) atoms. The molecule has 7 heteroatoms. The predicted molar refractivity (Wildman–Crippen MR) is 76.5 cm³/mol. The fraction of sp³-hybridized carbons (Fsp3) is 0.214. The van der Waals surface area contributed by atoms with Crippen molar-refractivity contribution in [1.29, 1.82) is 0 Å². The third kappa shape index (κ3) is 4.51. The first-order chi connectivity index (χ1) is 10.1. The first kappa shape index (κ1) is 15.4. The molecule has 0 bridgehead atoms. The van der Waals surface area contributed by atoms with Crippen LogP contribution in [0.3, 0.4) is 0 Å². The van der Waals surface area contributed by atoms with Crippen molar-refractivity contribution in [1.82, 2.24) is 9.97 Å². The Kier molecular flexibility index (Phi) is 5.24. The summed E-state index contributed by atoms with van der Waals surface area (Å²) in [4.78, 5) is 19.3. The largest absolute Gasteiger partial charge is 0.481 e. The summed E-state index contributed by atoms with van der Waals surface area (Å²) >= 11 is 1.10. The number of aromatic nitrogens is 2. The van der Waals surface area contributed by atoms with Gasteiger partial charge in [-0.1, -0.05) is 11.8 Å². The lowest BCUT2D eigenvalue weighted by Gasteiger charge is -2.07. The normalized spacial score (nSPS) is 10.6. The van der Waals surface area contributed by atoms with E-state index in [1.165, 1.54) is 12.1 Å². The fourth-order valence-corrected chi connectivity index (χ4v) is 2.27. The molecule has 0 aliphatic carbocycles. The molecule has 0 unspecified atom stereocenters. The molecule has 0 atom stereocenters. The van der Waals surface area contributed by atoms with Gasteiger partial charge in [-0.25, -0.2) is 14.4 Å². The number of carboxylic acids is 1. The second-order valence-electron chi connectivity index (χ2n) is 4.14. The van der Waals surface area contributed by atoms with E-state index in [9.17, 15) is 9.18 Å². The van der Waals surface area contributed by atoms with E-state index in [0.717, 1.165) is 11.8 Å². The average Bonchev–Trinajstić information content (AvgIpc) is 2.46. The minimum atomic E-state index is -0.921. The van der Waals surface area contributed by atoms with Crippen molar-refractivity contribution in [2.45, 2.75) is 11.6 Å². The molecule has 1 N–H and O–H groups in total.